The number of allylic oxidation sites excluding steroid dienone is 1. The number of hydrogen-bond acceptors (Lipinski definition) is 1. The van der Waals surface area contributed by atoms with Crippen LogP contribution in [0.4, 0.5) is 0 Å². The zero-order valence-electron chi connectivity index (χ0n) is 21.8. The summed E-state index contributed by atoms with van der Waals surface area (Å²) in [4.78, 5) is 0. The molecular formula is C32H50O. The lowest BCUT2D eigenvalue weighted by Gasteiger charge is -2.54. The van der Waals surface area contributed by atoms with Crippen LogP contribution in [0.3, 0.4) is 0 Å². The molecule has 4 saturated carbocycles. The van der Waals surface area contributed by atoms with Gasteiger partial charge in [-0.25, -0.2) is 0 Å². The van der Waals surface area contributed by atoms with Crippen LogP contribution in [0.15, 0.2) is 36.4 Å². The molecule has 0 radical (unpaired) electrons. The number of benzene rings is 1. The summed E-state index contributed by atoms with van der Waals surface area (Å²) in [6.45, 7) is 5.39. The lowest BCUT2D eigenvalue weighted by molar-refractivity contribution is 0.0305. The van der Waals surface area contributed by atoms with Crippen molar-refractivity contribution in [2.45, 2.75) is 140 Å². The Labute approximate surface area is 204 Å². The molecule has 0 aliphatic heterocycles. The number of ether oxygens (including phenoxy) is 1. The highest BCUT2D eigenvalue weighted by Crippen LogP contribution is 2.59. The summed E-state index contributed by atoms with van der Waals surface area (Å²) in [5.41, 5.74) is 4.44. The fourth-order valence-corrected chi connectivity index (χ4v) is 7.19. The molecule has 0 aromatic heterocycles. The molecule has 1 aromatic carbocycles. The van der Waals surface area contributed by atoms with Gasteiger partial charge in [0.25, 0.3) is 0 Å². The molecule has 184 valence electrons. The molecule has 0 heterocycles. The van der Waals surface area contributed by atoms with Crippen molar-refractivity contribution >= 4 is 0 Å². The van der Waals surface area contributed by atoms with E-state index < -0.39 is 0 Å². The average molecular weight is 451 g/mol. The Balaban J connectivity index is 1.23. The number of fused-ring (bicyclic) bond motifs is 3. The number of unbranched alkanes of at least 4 members (excludes halogenated alkanes) is 4. The molecule has 4 aliphatic carbocycles. The fourth-order valence-electron chi connectivity index (χ4n) is 7.19. The molecule has 0 atom stereocenters. The van der Waals surface area contributed by atoms with E-state index in [1.165, 1.54) is 109 Å². The van der Waals surface area contributed by atoms with Gasteiger partial charge in [-0.1, -0.05) is 82.4 Å². The Morgan fingerprint density at radius 3 is 2.09 bits per heavy atom. The molecule has 0 saturated heterocycles. The molecule has 0 N–H and O–H groups in total. The molecule has 2 bridgehead atoms. The van der Waals surface area contributed by atoms with Crippen LogP contribution in [0, 0.1) is 5.41 Å². The van der Waals surface area contributed by atoms with Crippen molar-refractivity contribution in [2.75, 3.05) is 6.61 Å². The minimum absolute atomic E-state index is 0.470. The van der Waals surface area contributed by atoms with E-state index in [-0.39, 0.29) is 0 Å². The van der Waals surface area contributed by atoms with Gasteiger partial charge in [0.2, 0.25) is 0 Å². The van der Waals surface area contributed by atoms with Gasteiger partial charge < -0.3 is 4.74 Å². The lowest BCUT2D eigenvalue weighted by atomic mass is 9.51. The van der Waals surface area contributed by atoms with Gasteiger partial charge in [0.05, 0.1) is 12.7 Å². The van der Waals surface area contributed by atoms with Crippen LogP contribution in [0.2, 0.25) is 0 Å². The maximum absolute atomic E-state index is 6.13. The second-order valence-electron chi connectivity index (χ2n) is 11.8. The Bertz CT molecular complexity index is 697. The van der Waals surface area contributed by atoms with E-state index in [0.29, 0.717) is 16.9 Å². The molecule has 0 spiro atoms. The summed E-state index contributed by atoms with van der Waals surface area (Å²) >= 11 is 0. The zero-order chi connectivity index (χ0) is 23.0. The Morgan fingerprint density at radius 2 is 1.45 bits per heavy atom. The van der Waals surface area contributed by atoms with E-state index in [4.69, 9.17) is 4.74 Å². The SMILES string of the molecule is CCCC/C=C/COC1CCC(c2ccc(C34CCC(CCCCC)(CC3)CC4)cc2)CC1. The minimum atomic E-state index is 0.470. The first-order valence-electron chi connectivity index (χ1n) is 14.6. The minimum Gasteiger partial charge on any atom is -0.374 e. The predicted octanol–water partition coefficient (Wildman–Crippen LogP) is 9.65. The molecule has 1 heteroatoms. The molecule has 4 aliphatic rings. The highest BCUT2D eigenvalue weighted by Gasteiger charge is 2.48. The van der Waals surface area contributed by atoms with Gasteiger partial charge in [-0.3, -0.25) is 0 Å². The van der Waals surface area contributed by atoms with Crippen molar-refractivity contribution in [1.29, 1.82) is 0 Å². The Morgan fingerprint density at radius 1 is 0.788 bits per heavy atom. The van der Waals surface area contributed by atoms with Crippen molar-refractivity contribution in [3.05, 3.63) is 47.5 Å². The first-order chi connectivity index (χ1) is 16.2. The maximum Gasteiger partial charge on any atom is 0.0651 e. The molecule has 0 unspecified atom stereocenters. The second kappa shape index (κ2) is 12.1. The quantitative estimate of drug-likeness (QED) is 0.227. The topological polar surface area (TPSA) is 9.23 Å². The van der Waals surface area contributed by atoms with E-state index in [9.17, 15) is 0 Å². The number of rotatable bonds is 12. The first-order valence-corrected chi connectivity index (χ1v) is 14.6. The smallest absolute Gasteiger partial charge is 0.0651 e. The van der Waals surface area contributed by atoms with Crippen LogP contribution in [0.1, 0.15) is 140 Å². The molecular weight excluding hydrogens is 400 g/mol. The molecule has 5 rings (SSSR count). The van der Waals surface area contributed by atoms with Gasteiger partial charge in [0.15, 0.2) is 0 Å². The molecule has 1 aromatic rings. The summed E-state index contributed by atoms with van der Waals surface area (Å²) in [5.74, 6) is 0.737. The first kappa shape index (κ1) is 25.0. The average Bonchev–Trinajstić information content (AvgIpc) is 2.88. The molecule has 1 nitrogen and oxygen atoms in total. The van der Waals surface area contributed by atoms with E-state index >= 15 is 0 Å². The Hall–Kier alpha value is -1.08. The van der Waals surface area contributed by atoms with Gasteiger partial charge in [0.1, 0.15) is 0 Å². The fraction of sp³-hybridized carbons (Fsp3) is 0.750. The third-order valence-electron chi connectivity index (χ3n) is 9.70. The van der Waals surface area contributed by atoms with E-state index in [1.54, 1.807) is 11.1 Å². The van der Waals surface area contributed by atoms with E-state index in [0.717, 1.165) is 12.5 Å². The van der Waals surface area contributed by atoms with Crippen molar-refractivity contribution in [2.24, 2.45) is 5.41 Å². The Kier molecular flexibility index (Phi) is 9.14. The van der Waals surface area contributed by atoms with Gasteiger partial charge >= 0.3 is 0 Å². The third kappa shape index (κ3) is 6.33. The lowest BCUT2D eigenvalue weighted by Crippen LogP contribution is -2.44. The standard InChI is InChI=1S/C32H50O/c1-3-5-7-8-10-26-33-30-17-13-28(14-18-30)27-11-15-29(16-12-27)32-23-20-31(21-24-32,22-25-32)19-9-6-4-2/h8,10-12,15-16,28,30H,3-7,9,13-14,17-26H2,1-2H3/b10-8+. The highest BCUT2D eigenvalue weighted by atomic mass is 16.5. The van der Waals surface area contributed by atoms with Crippen LogP contribution < -0.4 is 0 Å². The molecule has 33 heavy (non-hydrogen) atoms. The van der Waals surface area contributed by atoms with Crippen LogP contribution >= 0.6 is 0 Å². The molecule has 0 amide bonds. The van der Waals surface area contributed by atoms with Crippen molar-refractivity contribution in [1.82, 2.24) is 0 Å². The summed E-state index contributed by atoms with van der Waals surface area (Å²) in [5, 5.41) is 0. The second-order valence-corrected chi connectivity index (χ2v) is 11.8. The van der Waals surface area contributed by atoms with E-state index in [1.807, 2.05) is 0 Å². The number of hydrogen-bond donors (Lipinski definition) is 0. The van der Waals surface area contributed by atoms with Crippen LogP contribution in [-0.2, 0) is 10.2 Å². The van der Waals surface area contributed by atoms with Gasteiger partial charge in [-0.2, -0.15) is 0 Å². The maximum atomic E-state index is 6.13. The summed E-state index contributed by atoms with van der Waals surface area (Å²) in [6.07, 6.45) is 28.3. The van der Waals surface area contributed by atoms with Gasteiger partial charge in [0, 0.05) is 0 Å². The highest BCUT2D eigenvalue weighted by molar-refractivity contribution is 5.33. The largest absolute Gasteiger partial charge is 0.374 e. The third-order valence-corrected chi connectivity index (χ3v) is 9.70. The summed E-state index contributed by atoms with van der Waals surface area (Å²) < 4.78 is 6.13. The normalized spacial score (nSPS) is 31.9. The monoisotopic (exact) mass is 450 g/mol. The summed E-state index contributed by atoms with van der Waals surface area (Å²) in [6, 6.07) is 10.0. The molecule has 4 fully saturated rings. The van der Waals surface area contributed by atoms with Crippen molar-refractivity contribution in [3.8, 4) is 0 Å². The van der Waals surface area contributed by atoms with Crippen molar-refractivity contribution < 1.29 is 4.74 Å². The van der Waals surface area contributed by atoms with E-state index in [2.05, 4.69) is 50.3 Å². The van der Waals surface area contributed by atoms with Crippen LogP contribution in [-0.4, -0.2) is 12.7 Å². The summed E-state index contributed by atoms with van der Waals surface area (Å²) in [7, 11) is 0. The van der Waals surface area contributed by atoms with Gasteiger partial charge in [-0.05, 0) is 105 Å². The zero-order valence-corrected chi connectivity index (χ0v) is 21.8. The van der Waals surface area contributed by atoms with Crippen molar-refractivity contribution in [3.63, 3.8) is 0 Å². The van der Waals surface area contributed by atoms with Crippen LogP contribution in [0.5, 0.6) is 0 Å². The van der Waals surface area contributed by atoms with Crippen LogP contribution in [0.25, 0.3) is 0 Å². The predicted molar refractivity (Wildman–Crippen MR) is 142 cm³/mol. The van der Waals surface area contributed by atoms with Gasteiger partial charge in [-0.15, -0.1) is 0 Å².